The Balaban J connectivity index is 1.73. The monoisotopic (exact) mass is 733 g/mol. The van der Waals surface area contributed by atoms with Gasteiger partial charge in [-0.1, -0.05) is 18.2 Å². The fourth-order valence-corrected chi connectivity index (χ4v) is 5.62. The van der Waals surface area contributed by atoms with Crippen LogP contribution in [0.1, 0.15) is 34.1 Å². The van der Waals surface area contributed by atoms with Gasteiger partial charge in [-0.2, -0.15) is 0 Å². The maximum absolute atomic E-state index is 16.2. The summed E-state index contributed by atoms with van der Waals surface area (Å²) in [6.45, 7) is 4.14. The van der Waals surface area contributed by atoms with Crippen molar-refractivity contribution in [2.75, 3.05) is 34.2 Å². The molecule has 50 heavy (non-hydrogen) atoms. The highest BCUT2D eigenvalue weighted by atomic mass is 31.1. The van der Waals surface area contributed by atoms with Gasteiger partial charge in [-0.15, -0.1) is 0 Å². The molecule has 2 amide bonds. The third-order valence-electron chi connectivity index (χ3n) is 7.41. The van der Waals surface area contributed by atoms with Gasteiger partial charge in [-0.3, -0.25) is 19.3 Å². The standard InChI is InChI=1S/C30H42FN4O14P/c1-18(2)47-25(38)19(3)35(50(42)49-20-10-8-7-9-11-20)46-16-22-24(37)30(4,31)27(48-22)33-14-12-23(36)34(29(33)41)17-45-26(39)21(13-15-43-5)32-28(40)44-6/h7-12,14,18-19,21-22,24,27,29,37,41H,13,15-17H2,1-6H3/p+1/t19-,21+,22+,24+,27+,29?,30+/m0/s1. The summed E-state index contributed by atoms with van der Waals surface area (Å²) in [6, 6.07) is 5.51. The molecule has 0 aromatic heterocycles. The molecule has 8 atom stereocenters. The molecule has 1 fully saturated rings. The fraction of sp³-hybridized carbons (Fsp3) is 0.600. The highest BCUT2D eigenvalue weighted by molar-refractivity contribution is 7.36. The number of nitrogens with zero attached hydrogens (tertiary/aromatic N) is 3. The van der Waals surface area contributed by atoms with Crippen molar-refractivity contribution in [2.45, 2.75) is 82.8 Å². The molecular formula is C30H43FN4O14P+. The second-order valence-electron chi connectivity index (χ2n) is 11.5. The largest absolute Gasteiger partial charge is 0.693 e. The number of ether oxygens (including phenoxy) is 5. The first kappa shape index (κ1) is 40.5. The molecule has 2 aliphatic rings. The van der Waals surface area contributed by atoms with Crippen LogP contribution < -0.4 is 9.84 Å². The van der Waals surface area contributed by atoms with Crippen molar-refractivity contribution in [3.8, 4) is 5.75 Å². The van der Waals surface area contributed by atoms with E-state index in [1.165, 1.54) is 26.2 Å². The summed E-state index contributed by atoms with van der Waals surface area (Å²) >= 11 is 0. The molecule has 0 spiro atoms. The van der Waals surface area contributed by atoms with Crippen LogP contribution in [0.25, 0.3) is 0 Å². The summed E-state index contributed by atoms with van der Waals surface area (Å²) in [5, 5.41) is 24.3. The number of nitrogens with one attached hydrogen (secondary N) is 1. The van der Waals surface area contributed by atoms with Gasteiger partial charge >= 0.3 is 26.2 Å². The number of esters is 2. The Kier molecular flexibility index (Phi) is 14.8. The number of aliphatic hydroxyl groups excluding tert-OH is 2. The number of carbonyl (C=O) groups is 4. The molecule has 0 saturated carbocycles. The van der Waals surface area contributed by atoms with E-state index in [1.54, 1.807) is 32.0 Å². The van der Waals surface area contributed by atoms with Gasteiger partial charge in [0.1, 0.15) is 24.9 Å². The van der Waals surface area contributed by atoms with Gasteiger partial charge in [0.25, 0.3) is 5.91 Å². The Morgan fingerprint density at radius 1 is 1.14 bits per heavy atom. The first-order valence-corrected chi connectivity index (χ1v) is 16.5. The first-order valence-electron chi connectivity index (χ1n) is 15.4. The molecule has 0 bridgehead atoms. The Hall–Kier alpha value is -3.97. The first-order chi connectivity index (χ1) is 23.6. The van der Waals surface area contributed by atoms with Crippen LogP contribution in [0.3, 0.4) is 0 Å². The number of benzene rings is 1. The summed E-state index contributed by atoms with van der Waals surface area (Å²) in [5.41, 5.74) is -2.62. The SMILES string of the molecule is COCC[C@@H](NC(=O)OC)C(=O)OCN1C(=O)C=CN([C@@H]2O[C@H](CON([C@@H](C)C(=O)OC(C)C)[P+](=O)Oc3ccccc3)[C@@H](O)[C@@]2(C)F)C1O. The molecule has 1 aromatic rings. The Morgan fingerprint density at radius 3 is 2.44 bits per heavy atom. The minimum Gasteiger partial charge on any atom is -0.462 e. The number of hydrogen-bond donors (Lipinski definition) is 3. The van der Waals surface area contributed by atoms with E-state index < -0.39 is 94.1 Å². The Labute approximate surface area is 288 Å². The van der Waals surface area contributed by atoms with Crippen LogP contribution in [0, 0.1) is 0 Å². The molecule has 3 rings (SSSR count). The predicted octanol–water partition coefficient (Wildman–Crippen LogP) is 1.31. The Bertz CT molecular complexity index is 1370. The van der Waals surface area contributed by atoms with Gasteiger partial charge in [0.2, 0.25) is 6.35 Å². The zero-order valence-corrected chi connectivity index (χ0v) is 29.3. The third-order valence-corrected chi connectivity index (χ3v) is 8.56. The van der Waals surface area contributed by atoms with Crippen LogP contribution in [0.2, 0.25) is 0 Å². The number of methoxy groups -OCH3 is 2. The van der Waals surface area contributed by atoms with E-state index in [4.69, 9.17) is 28.3 Å². The molecule has 278 valence electrons. The molecule has 0 aliphatic carbocycles. The highest BCUT2D eigenvalue weighted by Gasteiger charge is 2.58. The fourth-order valence-electron chi connectivity index (χ4n) is 4.70. The number of rotatable bonds is 17. The number of alkyl carbamates (subject to hydrolysis) is 1. The third kappa shape index (κ3) is 10.3. The minimum atomic E-state index is -2.90. The summed E-state index contributed by atoms with van der Waals surface area (Å²) in [4.78, 5) is 57.6. The summed E-state index contributed by atoms with van der Waals surface area (Å²) in [6.07, 6.45) is -6.55. The highest BCUT2D eigenvalue weighted by Crippen LogP contribution is 2.40. The van der Waals surface area contributed by atoms with Crippen molar-refractivity contribution >= 4 is 32.1 Å². The molecule has 2 heterocycles. The number of aliphatic hydroxyl groups is 2. The lowest BCUT2D eigenvalue weighted by atomic mass is 9.98. The summed E-state index contributed by atoms with van der Waals surface area (Å²) in [7, 11) is -0.423. The summed E-state index contributed by atoms with van der Waals surface area (Å²) in [5.74, 6) is -2.42. The number of para-hydroxylation sites is 1. The van der Waals surface area contributed by atoms with E-state index in [0.29, 0.717) is 9.73 Å². The lowest BCUT2D eigenvalue weighted by Gasteiger charge is -2.42. The Morgan fingerprint density at radius 2 is 1.82 bits per heavy atom. The molecule has 2 unspecified atom stereocenters. The van der Waals surface area contributed by atoms with Crippen LogP contribution in [-0.4, -0.2) is 132 Å². The van der Waals surface area contributed by atoms with Crippen LogP contribution >= 0.6 is 8.18 Å². The quantitative estimate of drug-likeness (QED) is 0.0891. The van der Waals surface area contributed by atoms with E-state index >= 15 is 4.39 Å². The predicted molar refractivity (Wildman–Crippen MR) is 168 cm³/mol. The number of halogens is 1. The van der Waals surface area contributed by atoms with Gasteiger partial charge in [0.05, 0.1) is 18.0 Å². The van der Waals surface area contributed by atoms with Gasteiger partial charge in [0, 0.05) is 37.0 Å². The molecule has 1 saturated heterocycles. The summed E-state index contributed by atoms with van der Waals surface area (Å²) < 4.78 is 60.4. The molecule has 0 radical (unpaired) electrons. The van der Waals surface area contributed by atoms with Crippen molar-refractivity contribution in [1.82, 2.24) is 20.0 Å². The van der Waals surface area contributed by atoms with Gasteiger partial charge in [-0.25, -0.2) is 18.5 Å². The maximum atomic E-state index is 16.2. The van der Waals surface area contributed by atoms with Crippen molar-refractivity contribution in [2.24, 2.45) is 0 Å². The number of hydrogen-bond acceptors (Lipinski definition) is 15. The number of carbonyl (C=O) groups excluding carboxylic acids is 4. The normalized spacial score (nSPS) is 24.9. The van der Waals surface area contributed by atoms with Crippen molar-refractivity contribution < 1.29 is 71.4 Å². The molecule has 3 N–H and O–H groups in total. The van der Waals surface area contributed by atoms with Crippen LogP contribution in [-0.2, 0) is 47.5 Å². The molecule has 18 nitrogen and oxygen atoms in total. The van der Waals surface area contributed by atoms with E-state index in [-0.39, 0.29) is 18.8 Å². The van der Waals surface area contributed by atoms with E-state index in [9.17, 15) is 34.0 Å². The minimum absolute atomic E-state index is 0.00776. The van der Waals surface area contributed by atoms with E-state index in [0.717, 1.165) is 31.2 Å². The van der Waals surface area contributed by atoms with Crippen molar-refractivity contribution in [3.63, 3.8) is 0 Å². The van der Waals surface area contributed by atoms with Crippen LogP contribution in [0.15, 0.2) is 42.6 Å². The topological polar surface area (TPSA) is 212 Å². The molecule has 20 heteroatoms. The number of amides is 2. The van der Waals surface area contributed by atoms with Gasteiger partial charge < -0.3 is 44.1 Å². The zero-order valence-electron chi connectivity index (χ0n) is 28.4. The lowest BCUT2D eigenvalue weighted by molar-refractivity contribution is -0.215. The maximum Gasteiger partial charge on any atom is 0.693 e. The van der Waals surface area contributed by atoms with Gasteiger partial charge in [0.15, 0.2) is 30.4 Å². The average molecular weight is 734 g/mol. The second kappa shape index (κ2) is 18.3. The molecular weight excluding hydrogens is 690 g/mol. The average Bonchev–Trinajstić information content (AvgIpc) is 3.29. The van der Waals surface area contributed by atoms with Crippen LogP contribution in [0.4, 0.5) is 9.18 Å². The van der Waals surface area contributed by atoms with E-state index in [2.05, 4.69) is 10.1 Å². The lowest BCUT2D eigenvalue weighted by Crippen LogP contribution is -2.60. The smallest absolute Gasteiger partial charge is 0.462 e. The zero-order chi connectivity index (χ0) is 37.2. The van der Waals surface area contributed by atoms with Crippen molar-refractivity contribution in [3.05, 3.63) is 42.6 Å². The number of alkyl halides is 1. The molecule has 1 aromatic carbocycles. The van der Waals surface area contributed by atoms with E-state index in [1.807, 2.05) is 0 Å². The number of hydroxylamine groups is 1. The molecule has 2 aliphatic heterocycles. The van der Waals surface area contributed by atoms with Crippen molar-refractivity contribution in [1.29, 1.82) is 0 Å². The second-order valence-corrected chi connectivity index (χ2v) is 12.6. The van der Waals surface area contributed by atoms with Gasteiger partial charge in [-0.05, 0) is 39.8 Å². The van der Waals surface area contributed by atoms with Crippen LogP contribution in [0.5, 0.6) is 5.75 Å².